The number of nitro groups is 1. The zero-order valence-electron chi connectivity index (χ0n) is 12.2. The average molecular weight is 304 g/mol. The molecule has 0 aromatic heterocycles. The highest BCUT2D eigenvalue weighted by Crippen LogP contribution is 2.31. The number of piperidine rings is 1. The Kier molecular flexibility index (Phi) is 3.89. The minimum atomic E-state index is -0.559. The van der Waals surface area contributed by atoms with Gasteiger partial charge in [-0.1, -0.05) is 12.1 Å². The van der Waals surface area contributed by atoms with Gasteiger partial charge in [-0.15, -0.1) is 0 Å². The Bertz CT molecular complexity index is 625. The van der Waals surface area contributed by atoms with E-state index in [2.05, 4.69) is 0 Å². The molecule has 22 heavy (non-hydrogen) atoms. The summed E-state index contributed by atoms with van der Waals surface area (Å²) in [6.07, 6.45) is 3.41. The van der Waals surface area contributed by atoms with Gasteiger partial charge in [-0.05, 0) is 25.3 Å². The van der Waals surface area contributed by atoms with E-state index in [1.807, 2.05) is 0 Å². The van der Waals surface area contributed by atoms with Crippen molar-refractivity contribution < 1.29 is 19.4 Å². The molecule has 2 amide bonds. The molecular weight excluding hydrogens is 286 g/mol. The Labute approximate surface area is 127 Å². The number of para-hydroxylation sites is 2. The number of nitrogens with zero attached hydrogens (tertiary/aromatic N) is 2. The third-order valence-corrected chi connectivity index (χ3v) is 4.45. The molecule has 7 heteroatoms. The lowest BCUT2D eigenvalue weighted by Crippen LogP contribution is -3.17. The van der Waals surface area contributed by atoms with Gasteiger partial charge in [0.25, 0.3) is 11.6 Å². The number of imide groups is 1. The second-order valence-electron chi connectivity index (χ2n) is 5.79. The summed E-state index contributed by atoms with van der Waals surface area (Å²) < 4.78 is 0. The quantitative estimate of drug-likeness (QED) is 0.494. The maximum absolute atomic E-state index is 12.7. The predicted octanol–water partition coefficient (Wildman–Crippen LogP) is 0.296. The van der Waals surface area contributed by atoms with Crippen molar-refractivity contribution in [3.8, 4) is 0 Å². The largest absolute Gasteiger partial charge is 0.324 e. The van der Waals surface area contributed by atoms with Crippen LogP contribution in [0.2, 0.25) is 0 Å². The summed E-state index contributed by atoms with van der Waals surface area (Å²) in [7, 11) is 0. The molecule has 1 N–H and O–H groups in total. The molecule has 1 aromatic rings. The highest BCUT2D eigenvalue weighted by Gasteiger charge is 2.47. The van der Waals surface area contributed by atoms with Gasteiger partial charge in [0, 0.05) is 6.07 Å². The molecule has 0 saturated carbocycles. The summed E-state index contributed by atoms with van der Waals surface area (Å²) in [5.74, 6) is -0.654. The van der Waals surface area contributed by atoms with E-state index in [9.17, 15) is 19.7 Å². The second kappa shape index (κ2) is 5.84. The number of rotatable bonds is 3. The highest BCUT2D eigenvalue weighted by molar-refractivity contribution is 6.22. The molecule has 116 valence electrons. The Morgan fingerprint density at radius 3 is 2.50 bits per heavy atom. The summed E-state index contributed by atoms with van der Waals surface area (Å²) in [6.45, 7) is 1.77. The molecule has 0 bridgehead atoms. The molecule has 2 aliphatic rings. The molecule has 7 nitrogen and oxygen atoms in total. The maximum Gasteiger partial charge on any atom is 0.293 e. The number of benzene rings is 1. The molecule has 0 unspecified atom stereocenters. The van der Waals surface area contributed by atoms with Crippen molar-refractivity contribution in [2.24, 2.45) is 0 Å². The van der Waals surface area contributed by atoms with Crippen LogP contribution < -0.4 is 9.80 Å². The van der Waals surface area contributed by atoms with E-state index in [4.69, 9.17) is 0 Å². The summed E-state index contributed by atoms with van der Waals surface area (Å²) in [5.41, 5.74) is -0.125. The maximum atomic E-state index is 12.7. The molecule has 0 aliphatic carbocycles. The van der Waals surface area contributed by atoms with Gasteiger partial charge < -0.3 is 4.90 Å². The number of nitro benzene ring substituents is 1. The fourth-order valence-electron chi connectivity index (χ4n) is 3.37. The fourth-order valence-corrected chi connectivity index (χ4v) is 3.37. The lowest BCUT2D eigenvalue weighted by molar-refractivity contribution is -0.919. The summed E-state index contributed by atoms with van der Waals surface area (Å²) in [6, 6.07) is 5.51. The van der Waals surface area contributed by atoms with E-state index >= 15 is 0 Å². The number of anilines is 1. The van der Waals surface area contributed by atoms with Gasteiger partial charge >= 0.3 is 0 Å². The minimum absolute atomic E-state index is 0.0846. The third-order valence-electron chi connectivity index (χ3n) is 4.45. The van der Waals surface area contributed by atoms with Gasteiger partial charge in [-0.25, -0.2) is 4.90 Å². The minimum Gasteiger partial charge on any atom is -0.324 e. The Balaban J connectivity index is 1.90. The fraction of sp³-hybridized carbons (Fsp3) is 0.467. The van der Waals surface area contributed by atoms with Crippen LogP contribution in [-0.4, -0.2) is 35.9 Å². The average Bonchev–Trinajstić information content (AvgIpc) is 2.83. The highest BCUT2D eigenvalue weighted by atomic mass is 16.6. The summed E-state index contributed by atoms with van der Waals surface area (Å²) >= 11 is 0. The second-order valence-corrected chi connectivity index (χ2v) is 5.79. The van der Waals surface area contributed by atoms with Crippen LogP contribution in [0.25, 0.3) is 0 Å². The van der Waals surface area contributed by atoms with E-state index in [0.29, 0.717) is 0 Å². The number of carbonyl (C=O) groups excluding carboxylic acids is 2. The van der Waals surface area contributed by atoms with Gasteiger partial charge in [0.1, 0.15) is 5.69 Å². The third kappa shape index (κ3) is 2.48. The lowest BCUT2D eigenvalue weighted by Gasteiger charge is -2.27. The van der Waals surface area contributed by atoms with Crippen LogP contribution in [0.3, 0.4) is 0 Å². The van der Waals surface area contributed by atoms with E-state index in [-0.39, 0.29) is 29.6 Å². The van der Waals surface area contributed by atoms with Crippen molar-refractivity contribution in [2.75, 3.05) is 18.0 Å². The van der Waals surface area contributed by atoms with Gasteiger partial charge in [0.15, 0.2) is 6.04 Å². The van der Waals surface area contributed by atoms with Gasteiger partial charge in [0.05, 0.1) is 24.4 Å². The number of carbonyl (C=O) groups is 2. The first-order valence-electron chi connectivity index (χ1n) is 7.54. The van der Waals surface area contributed by atoms with Gasteiger partial charge in [-0.2, -0.15) is 0 Å². The molecule has 2 aliphatic heterocycles. The van der Waals surface area contributed by atoms with E-state index in [1.54, 1.807) is 6.07 Å². The molecule has 2 heterocycles. The molecular formula is C15H18N3O4+. The zero-order chi connectivity index (χ0) is 15.7. The summed E-state index contributed by atoms with van der Waals surface area (Å²) in [4.78, 5) is 37.6. The number of nitrogens with one attached hydrogen (secondary N) is 1. The molecule has 1 aromatic carbocycles. The molecule has 2 fully saturated rings. The first-order chi connectivity index (χ1) is 10.6. The summed E-state index contributed by atoms with van der Waals surface area (Å²) in [5, 5.41) is 11.1. The Morgan fingerprint density at radius 2 is 1.82 bits per heavy atom. The van der Waals surface area contributed by atoms with Crippen LogP contribution in [0.5, 0.6) is 0 Å². The van der Waals surface area contributed by atoms with Crippen molar-refractivity contribution in [2.45, 2.75) is 31.7 Å². The van der Waals surface area contributed by atoms with Crippen LogP contribution in [0.1, 0.15) is 25.7 Å². The molecule has 1 atom stereocenters. The normalized spacial score (nSPS) is 23.1. The topological polar surface area (TPSA) is 85.0 Å². The van der Waals surface area contributed by atoms with Crippen LogP contribution in [0, 0.1) is 10.1 Å². The van der Waals surface area contributed by atoms with Crippen molar-refractivity contribution in [3.05, 3.63) is 34.4 Å². The zero-order valence-corrected chi connectivity index (χ0v) is 12.2. The van der Waals surface area contributed by atoms with Crippen molar-refractivity contribution in [1.82, 2.24) is 0 Å². The SMILES string of the molecule is O=C1C[C@H]([NH+]2CCCCC2)C(=O)N1c1ccccc1[N+](=O)[O-]. The smallest absolute Gasteiger partial charge is 0.293 e. The van der Waals surface area contributed by atoms with Crippen LogP contribution in [-0.2, 0) is 9.59 Å². The Morgan fingerprint density at radius 1 is 1.14 bits per heavy atom. The number of hydrogen-bond acceptors (Lipinski definition) is 4. The van der Waals surface area contributed by atoms with E-state index in [1.165, 1.54) is 18.2 Å². The monoisotopic (exact) mass is 304 g/mol. The van der Waals surface area contributed by atoms with Gasteiger partial charge in [0.2, 0.25) is 5.91 Å². The standard InChI is InChI=1S/C15H17N3O4/c19-14-10-13(16-8-4-1-5-9-16)15(20)17(14)11-6-2-3-7-12(11)18(21)22/h2-3,6-7,13H,1,4-5,8-10H2/p+1/t13-/m0/s1. The van der Waals surface area contributed by atoms with E-state index < -0.39 is 11.0 Å². The number of likely N-dealkylation sites (tertiary alicyclic amines) is 1. The first kappa shape index (κ1) is 14.6. The van der Waals surface area contributed by atoms with Crippen molar-refractivity contribution >= 4 is 23.2 Å². The van der Waals surface area contributed by atoms with Crippen molar-refractivity contribution in [3.63, 3.8) is 0 Å². The number of quaternary nitrogens is 1. The molecule has 2 saturated heterocycles. The lowest BCUT2D eigenvalue weighted by atomic mass is 10.1. The predicted molar refractivity (Wildman–Crippen MR) is 78.5 cm³/mol. The molecule has 3 rings (SSSR count). The molecule has 0 spiro atoms. The van der Waals surface area contributed by atoms with Crippen LogP contribution in [0.4, 0.5) is 11.4 Å². The molecule has 0 radical (unpaired) electrons. The van der Waals surface area contributed by atoms with Crippen molar-refractivity contribution in [1.29, 1.82) is 0 Å². The number of hydrogen-bond donors (Lipinski definition) is 1. The number of amides is 2. The van der Waals surface area contributed by atoms with Crippen LogP contribution >= 0.6 is 0 Å². The van der Waals surface area contributed by atoms with Gasteiger partial charge in [-0.3, -0.25) is 19.7 Å². The van der Waals surface area contributed by atoms with Crippen LogP contribution in [0.15, 0.2) is 24.3 Å². The Hall–Kier alpha value is -2.28. The van der Waals surface area contributed by atoms with E-state index in [0.717, 1.165) is 42.2 Å². The first-order valence-corrected chi connectivity index (χ1v) is 7.54.